The average molecular weight is 241 g/mol. The Kier molecular flexibility index (Phi) is 4.07. The number of rotatable bonds is 4. The second kappa shape index (κ2) is 5.14. The Balaban J connectivity index is 2.58. The molecule has 0 bridgehead atoms. The molecule has 0 aliphatic rings. The van der Waals surface area contributed by atoms with Crippen molar-refractivity contribution in [2.75, 3.05) is 12.3 Å². The summed E-state index contributed by atoms with van der Waals surface area (Å²) < 4.78 is 17.9. The molecule has 0 aliphatic heterocycles. The molecule has 0 heterocycles. The number of benzene rings is 1. The lowest BCUT2D eigenvalue weighted by atomic mass is 10.1. The van der Waals surface area contributed by atoms with Gasteiger partial charge in [0.1, 0.15) is 5.82 Å². The number of nitrogens with two attached hydrogens (primary N) is 1. The number of esters is 1. The van der Waals surface area contributed by atoms with Crippen LogP contribution in [0.2, 0.25) is 0 Å². The molecule has 0 saturated heterocycles. The Morgan fingerprint density at radius 3 is 2.65 bits per heavy atom. The molecule has 0 fully saturated rings. The van der Waals surface area contributed by atoms with Crippen molar-refractivity contribution in [3.63, 3.8) is 0 Å². The first-order valence-electron chi connectivity index (χ1n) is 5.23. The van der Waals surface area contributed by atoms with Gasteiger partial charge in [-0.2, -0.15) is 0 Å². The topological polar surface area (TPSA) is 72.5 Å². The van der Waals surface area contributed by atoms with Crippen LogP contribution in [0.15, 0.2) is 18.2 Å². The molecule has 1 aromatic rings. The molecule has 3 N–H and O–H groups in total. The lowest BCUT2D eigenvalue weighted by Crippen LogP contribution is -2.22. The summed E-state index contributed by atoms with van der Waals surface area (Å²) in [6.07, 6.45) is 0.309. The third-order valence-corrected chi connectivity index (χ3v) is 2.10. The van der Waals surface area contributed by atoms with Crippen molar-refractivity contribution in [2.24, 2.45) is 0 Å². The average Bonchev–Trinajstić information content (AvgIpc) is 2.13. The molecule has 0 saturated carbocycles. The zero-order valence-electron chi connectivity index (χ0n) is 9.87. The lowest BCUT2D eigenvalue weighted by molar-refractivity contribution is 0.0244. The summed E-state index contributed by atoms with van der Waals surface area (Å²) in [6, 6.07) is 3.52. The molecule has 0 aromatic heterocycles. The van der Waals surface area contributed by atoms with Crippen LogP contribution >= 0.6 is 0 Å². The molecule has 0 amide bonds. The molecule has 17 heavy (non-hydrogen) atoms. The molecule has 0 atom stereocenters. The van der Waals surface area contributed by atoms with Crippen LogP contribution in [0, 0.1) is 5.82 Å². The van der Waals surface area contributed by atoms with E-state index in [0.29, 0.717) is 6.42 Å². The first-order chi connectivity index (χ1) is 7.78. The Labute approximate surface area is 99.2 Å². The van der Waals surface area contributed by atoms with E-state index in [1.54, 1.807) is 13.8 Å². The fourth-order valence-corrected chi connectivity index (χ4v) is 1.21. The van der Waals surface area contributed by atoms with Gasteiger partial charge in [-0.05, 0) is 32.0 Å². The van der Waals surface area contributed by atoms with Crippen molar-refractivity contribution >= 4 is 11.7 Å². The van der Waals surface area contributed by atoms with E-state index < -0.39 is 17.4 Å². The van der Waals surface area contributed by atoms with E-state index in [2.05, 4.69) is 0 Å². The summed E-state index contributed by atoms with van der Waals surface area (Å²) in [5.41, 5.74) is 4.74. The van der Waals surface area contributed by atoms with E-state index >= 15 is 0 Å². The van der Waals surface area contributed by atoms with Gasteiger partial charge in [0.25, 0.3) is 0 Å². The van der Waals surface area contributed by atoms with Gasteiger partial charge in [0.15, 0.2) is 0 Å². The van der Waals surface area contributed by atoms with Gasteiger partial charge >= 0.3 is 5.97 Å². The summed E-state index contributed by atoms with van der Waals surface area (Å²) in [5.74, 6) is -1.24. The first-order valence-corrected chi connectivity index (χ1v) is 5.23. The molecular formula is C12H16FNO3. The molecule has 94 valence electrons. The number of carbonyl (C=O) groups is 1. The first kappa shape index (κ1) is 13.4. The molecule has 0 aliphatic carbocycles. The smallest absolute Gasteiger partial charge is 0.338 e. The van der Waals surface area contributed by atoms with Gasteiger partial charge in [-0.3, -0.25) is 0 Å². The predicted molar refractivity (Wildman–Crippen MR) is 62.0 cm³/mol. The van der Waals surface area contributed by atoms with Crippen LogP contribution in [-0.2, 0) is 4.74 Å². The van der Waals surface area contributed by atoms with Gasteiger partial charge in [0.05, 0.1) is 17.8 Å². The van der Waals surface area contributed by atoms with Gasteiger partial charge in [-0.1, -0.05) is 0 Å². The molecule has 0 radical (unpaired) electrons. The monoisotopic (exact) mass is 241 g/mol. The molecule has 5 heteroatoms. The van der Waals surface area contributed by atoms with Crippen molar-refractivity contribution in [1.29, 1.82) is 0 Å². The number of ether oxygens (including phenoxy) is 1. The normalized spacial score (nSPS) is 11.3. The summed E-state index contributed by atoms with van der Waals surface area (Å²) in [4.78, 5) is 11.5. The number of hydrogen-bond donors (Lipinski definition) is 2. The summed E-state index contributed by atoms with van der Waals surface area (Å²) >= 11 is 0. The van der Waals surface area contributed by atoms with Crippen LogP contribution in [0.1, 0.15) is 30.6 Å². The van der Waals surface area contributed by atoms with Crippen molar-refractivity contribution in [3.8, 4) is 0 Å². The van der Waals surface area contributed by atoms with Crippen molar-refractivity contribution in [2.45, 2.75) is 25.9 Å². The van der Waals surface area contributed by atoms with Crippen LogP contribution in [0.4, 0.5) is 10.1 Å². The maximum atomic E-state index is 13.0. The Bertz CT molecular complexity index is 392. The number of hydrogen-bond acceptors (Lipinski definition) is 4. The van der Waals surface area contributed by atoms with E-state index in [1.165, 1.54) is 6.07 Å². The second-order valence-corrected chi connectivity index (χ2v) is 4.47. The Morgan fingerprint density at radius 2 is 2.12 bits per heavy atom. The zero-order valence-corrected chi connectivity index (χ0v) is 9.87. The van der Waals surface area contributed by atoms with Gasteiger partial charge in [-0.15, -0.1) is 0 Å². The van der Waals surface area contributed by atoms with E-state index in [4.69, 9.17) is 10.5 Å². The lowest BCUT2D eigenvalue weighted by Gasteiger charge is -2.16. The minimum absolute atomic E-state index is 0.0678. The zero-order chi connectivity index (χ0) is 13.1. The molecule has 0 unspecified atom stereocenters. The maximum Gasteiger partial charge on any atom is 0.338 e. The van der Waals surface area contributed by atoms with Gasteiger partial charge < -0.3 is 15.6 Å². The highest BCUT2D eigenvalue weighted by Gasteiger charge is 2.15. The van der Waals surface area contributed by atoms with Gasteiger partial charge in [0, 0.05) is 12.1 Å². The molecule has 1 rings (SSSR count). The minimum Gasteiger partial charge on any atom is -0.462 e. The Hall–Kier alpha value is -1.62. The summed E-state index contributed by atoms with van der Waals surface area (Å²) in [6.45, 7) is 3.29. The van der Waals surface area contributed by atoms with Crippen molar-refractivity contribution < 1.29 is 19.0 Å². The van der Waals surface area contributed by atoms with Crippen LogP contribution in [0.5, 0.6) is 0 Å². The SMILES string of the molecule is CC(C)(O)CCOC(=O)c1cc(N)cc(F)c1. The van der Waals surface area contributed by atoms with E-state index in [-0.39, 0.29) is 17.9 Å². The van der Waals surface area contributed by atoms with E-state index in [9.17, 15) is 14.3 Å². The Morgan fingerprint density at radius 1 is 1.47 bits per heavy atom. The van der Waals surface area contributed by atoms with E-state index in [1.807, 2.05) is 0 Å². The van der Waals surface area contributed by atoms with Crippen LogP contribution in [-0.4, -0.2) is 23.3 Å². The van der Waals surface area contributed by atoms with Crippen LogP contribution in [0.25, 0.3) is 0 Å². The van der Waals surface area contributed by atoms with Crippen LogP contribution in [0.3, 0.4) is 0 Å². The third-order valence-electron chi connectivity index (χ3n) is 2.10. The molecule has 0 spiro atoms. The molecular weight excluding hydrogens is 225 g/mol. The molecule has 1 aromatic carbocycles. The predicted octanol–water partition coefficient (Wildman–Crippen LogP) is 1.73. The number of carbonyl (C=O) groups excluding carboxylic acids is 1. The standard InChI is InChI=1S/C12H16FNO3/c1-12(2,16)3-4-17-11(15)8-5-9(13)7-10(14)6-8/h5-7,16H,3-4,14H2,1-2H3. The highest BCUT2D eigenvalue weighted by atomic mass is 19.1. The minimum atomic E-state index is -0.902. The second-order valence-electron chi connectivity index (χ2n) is 4.47. The van der Waals surface area contributed by atoms with Gasteiger partial charge in [-0.25, -0.2) is 9.18 Å². The highest BCUT2D eigenvalue weighted by molar-refractivity contribution is 5.90. The molecule has 4 nitrogen and oxygen atoms in total. The largest absolute Gasteiger partial charge is 0.462 e. The number of nitrogen functional groups attached to an aromatic ring is 1. The number of anilines is 1. The number of halogens is 1. The van der Waals surface area contributed by atoms with Crippen molar-refractivity contribution in [3.05, 3.63) is 29.6 Å². The van der Waals surface area contributed by atoms with Crippen LogP contribution < -0.4 is 5.73 Å². The third kappa shape index (κ3) is 4.82. The van der Waals surface area contributed by atoms with Gasteiger partial charge in [0.2, 0.25) is 0 Å². The van der Waals surface area contributed by atoms with Crippen molar-refractivity contribution in [1.82, 2.24) is 0 Å². The number of aliphatic hydroxyl groups is 1. The highest BCUT2D eigenvalue weighted by Crippen LogP contribution is 2.13. The maximum absolute atomic E-state index is 13.0. The van der Waals surface area contributed by atoms with E-state index in [0.717, 1.165) is 12.1 Å². The quantitative estimate of drug-likeness (QED) is 0.622. The summed E-state index contributed by atoms with van der Waals surface area (Å²) in [7, 11) is 0. The summed E-state index contributed by atoms with van der Waals surface area (Å²) in [5, 5.41) is 9.42. The fourth-order valence-electron chi connectivity index (χ4n) is 1.21. The fraction of sp³-hybridized carbons (Fsp3) is 0.417.